The topological polar surface area (TPSA) is 84.7 Å². The highest BCUT2D eigenvalue weighted by Gasteiger charge is 2.44. The summed E-state index contributed by atoms with van der Waals surface area (Å²) in [5.74, 6) is 0.728. The Labute approximate surface area is 319 Å². The van der Waals surface area contributed by atoms with E-state index in [-0.39, 0.29) is 11.0 Å². The molecule has 1 aliphatic heterocycles. The van der Waals surface area contributed by atoms with Gasteiger partial charge in [0.25, 0.3) is 0 Å². The molecule has 49 heavy (non-hydrogen) atoms. The molecule has 1 saturated carbocycles. The Bertz CT molecular complexity index is 1660. The number of hydrogen-bond donors (Lipinski definition) is 1. The van der Waals surface area contributed by atoms with E-state index in [4.69, 9.17) is 32.9 Å². The molecular formula is C37H49BrCl2N6OS2. The highest BCUT2D eigenvalue weighted by Crippen LogP contribution is 2.44. The molecule has 266 valence electrons. The molecule has 2 aromatic carbocycles. The van der Waals surface area contributed by atoms with Crippen LogP contribution >= 0.6 is 62.7 Å². The van der Waals surface area contributed by atoms with Gasteiger partial charge in [-0.3, -0.25) is 5.43 Å². The summed E-state index contributed by atoms with van der Waals surface area (Å²) >= 11 is 19.2. The van der Waals surface area contributed by atoms with E-state index < -0.39 is 0 Å². The molecule has 12 heteroatoms. The number of nitrogens with one attached hydrogen (secondary N) is 1. The number of rotatable bonds is 6. The molecule has 2 heterocycles. The summed E-state index contributed by atoms with van der Waals surface area (Å²) in [5.41, 5.74) is 8.83. The summed E-state index contributed by atoms with van der Waals surface area (Å²) in [6.07, 6.45) is 12.5. The summed E-state index contributed by atoms with van der Waals surface area (Å²) < 4.78 is 6.92. The molecule has 1 unspecified atom stereocenters. The molecule has 1 N–H and O–H groups in total. The minimum Gasteiger partial charge on any atom is -0.491 e. The van der Waals surface area contributed by atoms with Crippen molar-refractivity contribution in [2.75, 3.05) is 19.1 Å². The van der Waals surface area contributed by atoms with Gasteiger partial charge >= 0.3 is 0 Å². The van der Waals surface area contributed by atoms with Crippen LogP contribution in [0.4, 0.5) is 0 Å². The molecule has 1 atom stereocenters. The summed E-state index contributed by atoms with van der Waals surface area (Å²) in [4.78, 5) is 9.32. The second-order valence-corrected chi connectivity index (χ2v) is 18.1. The number of halogens is 3. The molecule has 1 aromatic heterocycles. The molecule has 1 fully saturated rings. The van der Waals surface area contributed by atoms with Gasteiger partial charge in [0.15, 0.2) is 5.17 Å². The van der Waals surface area contributed by atoms with Gasteiger partial charge in [-0.1, -0.05) is 116 Å². The number of aryl methyl sites for hydroxylation is 3. The van der Waals surface area contributed by atoms with Crippen molar-refractivity contribution in [3.05, 3.63) is 73.4 Å². The third-order valence-electron chi connectivity index (χ3n) is 8.26. The molecule has 3 aliphatic rings. The van der Waals surface area contributed by atoms with Crippen LogP contribution in [-0.2, 0) is 24.8 Å². The van der Waals surface area contributed by atoms with Crippen LogP contribution < -0.4 is 10.2 Å². The van der Waals surface area contributed by atoms with Crippen molar-refractivity contribution in [3.8, 4) is 5.75 Å². The number of ether oxygens (including phenoxy) is 1. The summed E-state index contributed by atoms with van der Waals surface area (Å²) in [6, 6.07) is 12.1. The zero-order chi connectivity index (χ0) is 35.8. The lowest BCUT2D eigenvalue weighted by Gasteiger charge is -2.30. The lowest BCUT2D eigenvalue weighted by Crippen LogP contribution is -2.37. The largest absolute Gasteiger partial charge is 0.491 e. The molecule has 2 aliphatic carbocycles. The van der Waals surface area contributed by atoms with E-state index in [2.05, 4.69) is 95.3 Å². The maximum Gasteiger partial charge on any atom is 0.209 e. The zero-order valence-electron chi connectivity index (χ0n) is 29.9. The Kier molecular flexibility index (Phi) is 14.3. The van der Waals surface area contributed by atoms with E-state index in [0.29, 0.717) is 17.0 Å². The fourth-order valence-electron chi connectivity index (χ4n) is 5.58. The first-order valence-electron chi connectivity index (χ1n) is 16.7. The Morgan fingerprint density at radius 3 is 2.29 bits per heavy atom. The number of amidine groups is 1. The van der Waals surface area contributed by atoms with Crippen LogP contribution in [0.5, 0.6) is 5.75 Å². The monoisotopic (exact) mass is 806 g/mol. The number of aliphatic imine (C=N–C) groups is 1. The number of aromatic nitrogens is 3. The number of fused-ring (bicyclic) bond motifs is 2. The minimum atomic E-state index is -0.365. The predicted octanol–water partition coefficient (Wildman–Crippen LogP) is 11.0. The Balaban J connectivity index is 0.000000183. The average molecular weight is 809 g/mol. The van der Waals surface area contributed by atoms with Crippen LogP contribution in [0, 0.1) is 10.8 Å². The first-order valence-corrected chi connectivity index (χ1v) is 20.7. The second kappa shape index (κ2) is 17.6. The first kappa shape index (κ1) is 39.9. The van der Waals surface area contributed by atoms with Gasteiger partial charge in [-0.25, -0.2) is 9.98 Å². The van der Waals surface area contributed by atoms with E-state index in [0.717, 1.165) is 93.2 Å². The average Bonchev–Trinajstić information content (AvgIpc) is 3.70. The van der Waals surface area contributed by atoms with Crippen LogP contribution in [0.2, 0.25) is 10.0 Å². The molecule has 0 radical (unpaired) electrons. The predicted molar refractivity (Wildman–Crippen MR) is 214 cm³/mol. The van der Waals surface area contributed by atoms with Gasteiger partial charge in [-0.05, 0) is 110 Å². The quantitative estimate of drug-likeness (QED) is 0.248. The van der Waals surface area contributed by atoms with Crippen molar-refractivity contribution in [1.82, 2.24) is 20.6 Å². The van der Waals surface area contributed by atoms with Crippen LogP contribution in [0.15, 0.2) is 56.1 Å². The molecular weight excluding hydrogens is 759 g/mol. The number of benzene rings is 2. The number of nitrogens with zero attached hydrogens (tertiary/aromatic N) is 5. The van der Waals surface area contributed by atoms with Gasteiger partial charge in [0, 0.05) is 9.50 Å². The van der Waals surface area contributed by atoms with Gasteiger partial charge in [0.05, 0.1) is 28.7 Å². The minimum absolute atomic E-state index is 0.0958. The van der Waals surface area contributed by atoms with Crippen molar-refractivity contribution in [2.24, 2.45) is 20.9 Å². The third kappa shape index (κ3) is 11.6. The SMILES string of the molecule is CC(C)(C)CCc1ccc(Br)cc1Cl.CSC1=NC2(c3ccc(OCC(C)(C)C)c(Cl)c3)CCCC2=NN1.CSc1nnc2c(n1)CCC2. The maximum atomic E-state index is 6.50. The lowest BCUT2D eigenvalue weighted by atomic mass is 9.87. The summed E-state index contributed by atoms with van der Waals surface area (Å²) in [7, 11) is 0. The number of hydrazone groups is 1. The fourth-order valence-corrected chi connectivity index (χ4v) is 7.29. The first-order chi connectivity index (χ1) is 23.1. The molecule has 0 bridgehead atoms. The van der Waals surface area contributed by atoms with E-state index in [9.17, 15) is 0 Å². The zero-order valence-corrected chi connectivity index (χ0v) is 34.7. The second-order valence-electron chi connectivity index (χ2n) is 14.8. The van der Waals surface area contributed by atoms with E-state index >= 15 is 0 Å². The maximum absolute atomic E-state index is 6.50. The van der Waals surface area contributed by atoms with E-state index in [1.807, 2.05) is 36.8 Å². The van der Waals surface area contributed by atoms with Crippen LogP contribution in [0.1, 0.15) is 96.2 Å². The number of thioether (sulfide) groups is 2. The lowest BCUT2D eigenvalue weighted by molar-refractivity contribution is 0.198. The fraction of sp³-hybridized carbons (Fsp3) is 0.541. The molecule has 3 aromatic rings. The Morgan fingerprint density at radius 1 is 0.878 bits per heavy atom. The van der Waals surface area contributed by atoms with Crippen molar-refractivity contribution < 1.29 is 4.74 Å². The van der Waals surface area contributed by atoms with E-state index in [1.165, 1.54) is 12.0 Å². The standard InChI is InChI=1S/C18H24ClN3OS.C12H16BrCl.C7H9N3S/c1-17(2,3)11-23-14-8-7-12(10-13(14)19)18-9-5-6-15(18)21-22-16(20-18)24-4;1-12(2,3)7-6-9-4-5-10(13)8-11(9)14;1-11-7-8-5-3-2-4-6(5)9-10-7/h7-8,10H,5-6,9,11H2,1-4H3,(H,20,22);4-5,8H,6-7H2,1-3H3;2-4H2,1H3. The Hall–Kier alpha value is -1.85. The van der Waals surface area contributed by atoms with Gasteiger partial charge in [0.2, 0.25) is 5.16 Å². The van der Waals surface area contributed by atoms with Crippen LogP contribution in [-0.4, -0.2) is 45.2 Å². The Morgan fingerprint density at radius 2 is 1.63 bits per heavy atom. The number of hydrogen-bond acceptors (Lipinski definition) is 9. The van der Waals surface area contributed by atoms with Gasteiger partial charge in [-0.2, -0.15) is 10.2 Å². The van der Waals surface area contributed by atoms with Crippen molar-refractivity contribution >= 4 is 73.5 Å². The van der Waals surface area contributed by atoms with Crippen molar-refractivity contribution in [3.63, 3.8) is 0 Å². The highest BCUT2D eigenvalue weighted by molar-refractivity contribution is 9.10. The summed E-state index contributed by atoms with van der Waals surface area (Å²) in [6.45, 7) is 13.8. The van der Waals surface area contributed by atoms with Crippen molar-refractivity contribution in [2.45, 2.75) is 104 Å². The van der Waals surface area contributed by atoms with Gasteiger partial charge < -0.3 is 4.74 Å². The third-order valence-corrected chi connectivity index (χ3v) is 10.5. The normalized spacial score (nSPS) is 18.1. The van der Waals surface area contributed by atoms with Crippen LogP contribution in [0.25, 0.3) is 0 Å². The van der Waals surface area contributed by atoms with Gasteiger partial charge in [-0.15, -0.1) is 5.10 Å². The molecule has 7 nitrogen and oxygen atoms in total. The van der Waals surface area contributed by atoms with E-state index in [1.54, 1.807) is 23.5 Å². The molecule has 0 spiro atoms. The molecule has 0 saturated heterocycles. The highest BCUT2D eigenvalue weighted by atomic mass is 79.9. The van der Waals surface area contributed by atoms with Gasteiger partial charge in [0.1, 0.15) is 11.3 Å². The molecule has 6 rings (SSSR count). The summed E-state index contributed by atoms with van der Waals surface area (Å²) in [5, 5.41) is 15.8. The van der Waals surface area contributed by atoms with Crippen molar-refractivity contribution in [1.29, 1.82) is 0 Å². The molecule has 0 amide bonds. The smallest absolute Gasteiger partial charge is 0.209 e. The van der Waals surface area contributed by atoms with Crippen LogP contribution in [0.3, 0.4) is 0 Å².